The molecular formula is C68H132O6. The second kappa shape index (κ2) is 59.1. The molecule has 0 heterocycles. The maximum absolute atomic E-state index is 12.9. The molecule has 0 N–H and O–H groups in total. The number of hydrogen-bond acceptors (Lipinski definition) is 6. The smallest absolute Gasteiger partial charge is 0.306 e. The average Bonchev–Trinajstić information content (AvgIpc) is 3.36. The predicted molar refractivity (Wildman–Crippen MR) is 321 cm³/mol. The number of unbranched alkanes of at least 4 members (excludes halogenated alkanes) is 44. The van der Waals surface area contributed by atoms with Crippen LogP contribution in [0.1, 0.15) is 382 Å². The fourth-order valence-electron chi connectivity index (χ4n) is 10.6. The van der Waals surface area contributed by atoms with E-state index in [9.17, 15) is 14.4 Å². The first-order valence-corrected chi connectivity index (χ1v) is 33.6. The van der Waals surface area contributed by atoms with Gasteiger partial charge in [0.25, 0.3) is 0 Å². The number of hydrogen-bond donors (Lipinski definition) is 0. The lowest BCUT2D eigenvalue weighted by atomic mass is 10.0. The zero-order chi connectivity index (χ0) is 54.1. The van der Waals surface area contributed by atoms with E-state index >= 15 is 0 Å². The largest absolute Gasteiger partial charge is 0.462 e. The van der Waals surface area contributed by atoms with Crippen molar-refractivity contribution in [3.8, 4) is 0 Å². The summed E-state index contributed by atoms with van der Waals surface area (Å²) < 4.78 is 17.0. The number of ether oxygens (including phenoxy) is 3. The van der Waals surface area contributed by atoms with Gasteiger partial charge in [-0.05, 0) is 37.0 Å². The molecule has 0 rings (SSSR count). The van der Waals surface area contributed by atoms with E-state index in [1.807, 2.05) is 0 Å². The molecule has 0 aliphatic heterocycles. The van der Waals surface area contributed by atoms with Crippen LogP contribution in [-0.4, -0.2) is 37.2 Å². The Bertz CT molecular complexity index is 1150. The Morgan fingerprint density at radius 2 is 0.392 bits per heavy atom. The van der Waals surface area contributed by atoms with Gasteiger partial charge in [0.05, 0.1) is 0 Å². The Morgan fingerprint density at radius 1 is 0.230 bits per heavy atom. The minimum Gasteiger partial charge on any atom is -0.462 e. The molecule has 0 aromatic carbocycles. The molecular weight excluding hydrogens is 913 g/mol. The molecule has 0 aromatic heterocycles. The molecule has 0 spiro atoms. The van der Waals surface area contributed by atoms with E-state index in [2.05, 4.69) is 41.5 Å². The van der Waals surface area contributed by atoms with Crippen LogP contribution in [-0.2, 0) is 28.6 Å². The summed E-state index contributed by atoms with van der Waals surface area (Å²) in [6, 6.07) is 0. The topological polar surface area (TPSA) is 78.9 Å². The normalized spacial score (nSPS) is 12.1. The first kappa shape index (κ1) is 72.4. The molecule has 74 heavy (non-hydrogen) atoms. The van der Waals surface area contributed by atoms with E-state index in [0.29, 0.717) is 19.3 Å². The van der Waals surface area contributed by atoms with Crippen LogP contribution in [0.2, 0.25) is 0 Å². The summed E-state index contributed by atoms with van der Waals surface area (Å²) in [4.78, 5) is 38.4. The average molecular weight is 1050 g/mol. The van der Waals surface area contributed by atoms with Crippen LogP contribution < -0.4 is 0 Å². The van der Waals surface area contributed by atoms with Crippen molar-refractivity contribution in [2.45, 2.75) is 388 Å². The van der Waals surface area contributed by atoms with Gasteiger partial charge >= 0.3 is 17.9 Å². The summed E-state index contributed by atoms with van der Waals surface area (Å²) in [5.41, 5.74) is 0. The van der Waals surface area contributed by atoms with Gasteiger partial charge in [-0.25, -0.2) is 0 Å². The monoisotopic (exact) mass is 1050 g/mol. The third-order valence-electron chi connectivity index (χ3n) is 15.6. The van der Waals surface area contributed by atoms with Gasteiger partial charge in [0.1, 0.15) is 13.2 Å². The molecule has 0 fully saturated rings. The number of carbonyl (C=O) groups excluding carboxylic acids is 3. The van der Waals surface area contributed by atoms with Gasteiger partial charge in [-0.15, -0.1) is 0 Å². The number of carbonyl (C=O) groups is 3. The minimum atomic E-state index is -0.765. The van der Waals surface area contributed by atoms with Gasteiger partial charge in [0.2, 0.25) is 0 Å². The van der Waals surface area contributed by atoms with Crippen molar-refractivity contribution in [3.05, 3.63) is 0 Å². The molecule has 0 aliphatic rings. The van der Waals surface area contributed by atoms with E-state index < -0.39 is 6.10 Å². The molecule has 0 unspecified atom stereocenters. The molecule has 440 valence electrons. The maximum atomic E-state index is 12.9. The third kappa shape index (κ3) is 61.3. The Hall–Kier alpha value is -1.59. The van der Waals surface area contributed by atoms with Gasteiger partial charge in [-0.3, -0.25) is 14.4 Å². The lowest BCUT2D eigenvalue weighted by Gasteiger charge is -2.18. The fraction of sp³-hybridized carbons (Fsp3) is 0.956. The van der Waals surface area contributed by atoms with Crippen LogP contribution in [0.5, 0.6) is 0 Å². The molecule has 0 amide bonds. The van der Waals surface area contributed by atoms with Crippen molar-refractivity contribution in [1.82, 2.24) is 0 Å². The first-order chi connectivity index (χ1) is 36.1. The Labute approximate surface area is 463 Å². The van der Waals surface area contributed by atoms with Gasteiger partial charge in [-0.2, -0.15) is 0 Å². The zero-order valence-electron chi connectivity index (χ0n) is 51.1. The minimum absolute atomic E-state index is 0.0621. The van der Waals surface area contributed by atoms with E-state index in [-0.39, 0.29) is 31.1 Å². The third-order valence-corrected chi connectivity index (χ3v) is 15.6. The number of rotatable bonds is 61. The van der Waals surface area contributed by atoms with Crippen LogP contribution in [0.25, 0.3) is 0 Å². The van der Waals surface area contributed by atoms with Gasteiger partial charge in [0, 0.05) is 19.3 Å². The summed E-state index contributed by atoms with van der Waals surface area (Å²) in [5, 5.41) is 0. The summed E-state index contributed by atoms with van der Waals surface area (Å²) >= 11 is 0. The van der Waals surface area contributed by atoms with Crippen molar-refractivity contribution in [3.63, 3.8) is 0 Å². The highest BCUT2D eigenvalue weighted by molar-refractivity contribution is 5.71. The van der Waals surface area contributed by atoms with Crippen molar-refractivity contribution in [1.29, 1.82) is 0 Å². The molecule has 0 radical (unpaired) electrons. The zero-order valence-corrected chi connectivity index (χ0v) is 51.1. The SMILES string of the molecule is CC(C)CCCCCCCCCCCCCCCCCCC(=O)OC[C@H](COC(=O)CCCCCCCCCCCCCCCCCC(C)C)OC(=O)CCCCCCCCCCCCCCCCCCC(C)C. The Balaban J connectivity index is 4.29. The second-order valence-electron chi connectivity index (χ2n) is 24.9. The van der Waals surface area contributed by atoms with Crippen LogP contribution in [0.3, 0.4) is 0 Å². The predicted octanol–water partition coefficient (Wildman–Crippen LogP) is 22.6. The van der Waals surface area contributed by atoms with Crippen LogP contribution in [0, 0.1) is 17.8 Å². The maximum Gasteiger partial charge on any atom is 0.306 e. The van der Waals surface area contributed by atoms with E-state index in [1.54, 1.807) is 0 Å². The summed E-state index contributed by atoms with van der Waals surface area (Å²) in [5.74, 6) is 1.72. The van der Waals surface area contributed by atoms with Crippen LogP contribution >= 0.6 is 0 Å². The quantitative estimate of drug-likeness (QED) is 0.0343. The molecule has 0 saturated heterocycles. The van der Waals surface area contributed by atoms with Gasteiger partial charge in [0.15, 0.2) is 6.10 Å². The van der Waals surface area contributed by atoms with Crippen molar-refractivity contribution in [2.24, 2.45) is 17.8 Å². The summed E-state index contributed by atoms with van der Waals surface area (Å²) in [7, 11) is 0. The summed E-state index contributed by atoms with van der Waals surface area (Å²) in [6.45, 7) is 13.8. The van der Waals surface area contributed by atoms with Crippen molar-refractivity contribution in [2.75, 3.05) is 13.2 Å². The van der Waals surface area contributed by atoms with Crippen molar-refractivity contribution >= 4 is 17.9 Å². The molecule has 0 aromatic rings. The van der Waals surface area contributed by atoms with E-state index in [0.717, 1.165) is 75.5 Å². The Morgan fingerprint density at radius 3 is 0.581 bits per heavy atom. The van der Waals surface area contributed by atoms with Gasteiger partial charge < -0.3 is 14.2 Å². The lowest BCUT2D eigenvalue weighted by Crippen LogP contribution is -2.30. The molecule has 6 nitrogen and oxygen atoms in total. The second-order valence-corrected chi connectivity index (χ2v) is 24.9. The van der Waals surface area contributed by atoms with Crippen LogP contribution in [0.4, 0.5) is 0 Å². The van der Waals surface area contributed by atoms with E-state index in [4.69, 9.17) is 14.2 Å². The standard InChI is InChI=1S/C68H132O6/c1-62(2)54-48-42-36-30-24-18-12-7-9-15-21-27-33-39-45-51-57-66(69)72-60-65(61-73-67(70)58-52-46-40-34-28-22-17-11-14-20-26-32-38-44-50-56-64(5)6)74-68(71)59-53-47-41-35-29-23-16-10-8-13-19-25-31-37-43-49-55-63(3)4/h62-65H,7-61H2,1-6H3/t65-/m1/s1. The van der Waals surface area contributed by atoms with Crippen molar-refractivity contribution < 1.29 is 28.6 Å². The molecule has 1 atom stereocenters. The highest BCUT2D eigenvalue weighted by Gasteiger charge is 2.20. The molecule has 0 saturated carbocycles. The summed E-state index contributed by atoms with van der Waals surface area (Å²) in [6.07, 6.45) is 65.4. The molecule has 0 bridgehead atoms. The van der Waals surface area contributed by atoms with Crippen LogP contribution in [0.15, 0.2) is 0 Å². The fourth-order valence-corrected chi connectivity index (χ4v) is 10.6. The van der Waals surface area contributed by atoms with Gasteiger partial charge in [-0.1, -0.05) is 343 Å². The number of esters is 3. The van der Waals surface area contributed by atoms with E-state index in [1.165, 1.54) is 263 Å². The highest BCUT2D eigenvalue weighted by atomic mass is 16.6. The molecule has 6 heteroatoms. The molecule has 0 aliphatic carbocycles. The highest BCUT2D eigenvalue weighted by Crippen LogP contribution is 2.20. The Kier molecular flexibility index (Phi) is 57.8. The first-order valence-electron chi connectivity index (χ1n) is 33.6. The lowest BCUT2D eigenvalue weighted by molar-refractivity contribution is -0.167.